The zero-order valence-electron chi connectivity index (χ0n) is 10.3. The molecule has 0 radical (unpaired) electrons. The average Bonchev–Trinajstić information content (AvgIpc) is 2.11. The molecule has 1 N–H and O–H groups in total. The Labute approximate surface area is 87.9 Å². The molecule has 3 nitrogen and oxygen atoms in total. The van der Waals surface area contributed by atoms with Gasteiger partial charge in [0, 0.05) is 13.1 Å². The molecule has 0 spiro atoms. The molecule has 0 aromatic carbocycles. The van der Waals surface area contributed by atoms with Crippen molar-refractivity contribution >= 4 is 5.91 Å². The largest absolute Gasteiger partial charge is 0.342 e. The Kier molecular flexibility index (Phi) is 5.77. The Morgan fingerprint density at radius 1 is 1.29 bits per heavy atom. The van der Waals surface area contributed by atoms with Crippen LogP contribution < -0.4 is 5.32 Å². The molecule has 0 heterocycles. The minimum absolute atomic E-state index is 0.0394. The Balaban J connectivity index is 4.30. The Bertz CT molecular complexity index is 178. The van der Waals surface area contributed by atoms with Crippen LogP contribution in [-0.2, 0) is 4.79 Å². The van der Waals surface area contributed by atoms with Gasteiger partial charge >= 0.3 is 0 Å². The van der Waals surface area contributed by atoms with Crippen LogP contribution in [-0.4, -0.2) is 37.0 Å². The lowest BCUT2D eigenvalue weighted by molar-refractivity contribution is -0.133. The second-order valence-electron chi connectivity index (χ2n) is 4.51. The summed E-state index contributed by atoms with van der Waals surface area (Å²) in [5, 5.41) is 3.08. The van der Waals surface area contributed by atoms with E-state index in [0.29, 0.717) is 5.92 Å². The number of rotatable bonds is 5. The van der Waals surface area contributed by atoms with Crippen LogP contribution in [0.1, 0.15) is 34.1 Å². The summed E-state index contributed by atoms with van der Waals surface area (Å²) >= 11 is 0. The second-order valence-corrected chi connectivity index (χ2v) is 4.51. The van der Waals surface area contributed by atoms with Gasteiger partial charge in [-0.05, 0) is 33.2 Å². The number of hydrogen-bond acceptors (Lipinski definition) is 2. The molecule has 0 aliphatic rings. The number of carbonyl (C=O) groups is 1. The van der Waals surface area contributed by atoms with Crippen molar-refractivity contribution in [3.05, 3.63) is 0 Å². The maximum atomic E-state index is 11.9. The SMILES string of the molecule is CNC(CC(C)C)C(=O)N(C)C(C)C. The normalized spacial score (nSPS) is 13.4. The third kappa shape index (κ3) is 4.09. The summed E-state index contributed by atoms with van der Waals surface area (Å²) < 4.78 is 0. The lowest BCUT2D eigenvalue weighted by atomic mass is 10.0. The van der Waals surface area contributed by atoms with E-state index in [1.807, 2.05) is 27.9 Å². The van der Waals surface area contributed by atoms with Crippen molar-refractivity contribution in [3.63, 3.8) is 0 Å². The van der Waals surface area contributed by atoms with E-state index in [2.05, 4.69) is 19.2 Å². The standard InChI is InChI=1S/C11H24N2O/c1-8(2)7-10(12-5)11(14)13(6)9(3)4/h8-10,12H,7H2,1-6H3. The van der Waals surface area contributed by atoms with Crippen molar-refractivity contribution in [2.75, 3.05) is 14.1 Å². The van der Waals surface area contributed by atoms with Crippen LogP contribution in [0.5, 0.6) is 0 Å². The van der Waals surface area contributed by atoms with E-state index < -0.39 is 0 Å². The van der Waals surface area contributed by atoms with Gasteiger partial charge in [-0.3, -0.25) is 4.79 Å². The quantitative estimate of drug-likeness (QED) is 0.729. The number of hydrogen-bond donors (Lipinski definition) is 1. The zero-order chi connectivity index (χ0) is 11.3. The van der Waals surface area contributed by atoms with E-state index in [-0.39, 0.29) is 18.0 Å². The van der Waals surface area contributed by atoms with Gasteiger partial charge < -0.3 is 10.2 Å². The Hall–Kier alpha value is -0.570. The summed E-state index contributed by atoms with van der Waals surface area (Å²) in [6, 6.07) is 0.230. The summed E-state index contributed by atoms with van der Waals surface area (Å²) in [5.41, 5.74) is 0. The molecule has 0 bridgehead atoms. The molecule has 0 saturated carbocycles. The van der Waals surface area contributed by atoms with Gasteiger partial charge in [0.15, 0.2) is 0 Å². The van der Waals surface area contributed by atoms with Crippen molar-refractivity contribution in [1.82, 2.24) is 10.2 Å². The van der Waals surface area contributed by atoms with E-state index in [0.717, 1.165) is 6.42 Å². The van der Waals surface area contributed by atoms with Crippen molar-refractivity contribution in [2.45, 2.75) is 46.2 Å². The monoisotopic (exact) mass is 200 g/mol. The molecule has 0 rings (SSSR count). The van der Waals surface area contributed by atoms with Gasteiger partial charge in [0.1, 0.15) is 0 Å². The van der Waals surface area contributed by atoms with Gasteiger partial charge in [-0.25, -0.2) is 0 Å². The number of likely N-dealkylation sites (N-methyl/N-ethyl adjacent to an activating group) is 2. The molecule has 1 unspecified atom stereocenters. The zero-order valence-corrected chi connectivity index (χ0v) is 10.3. The Morgan fingerprint density at radius 2 is 1.79 bits per heavy atom. The van der Waals surface area contributed by atoms with Crippen LogP contribution >= 0.6 is 0 Å². The van der Waals surface area contributed by atoms with Gasteiger partial charge in [0.25, 0.3) is 0 Å². The first-order valence-corrected chi connectivity index (χ1v) is 5.34. The van der Waals surface area contributed by atoms with Gasteiger partial charge in [-0.15, -0.1) is 0 Å². The van der Waals surface area contributed by atoms with Crippen LogP contribution in [0.3, 0.4) is 0 Å². The molecule has 0 aliphatic heterocycles. The van der Waals surface area contributed by atoms with Crippen molar-refractivity contribution in [3.8, 4) is 0 Å². The average molecular weight is 200 g/mol. The van der Waals surface area contributed by atoms with E-state index in [1.54, 1.807) is 4.90 Å². The number of amides is 1. The second kappa shape index (κ2) is 6.02. The number of carbonyl (C=O) groups excluding carboxylic acids is 1. The lowest BCUT2D eigenvalue weighted by Gasteiger charge is -2.27. The minimum atomic E-state index is -0.0394. The molecule has 1 atom stereocenters. The highest BCUT2D eigenvalue weighted by Crippen LogP contribution is 2.08. The number of nitrogens with one attached hydrogen (secondary N) is 1. The summed E-state index contributed by atoms with van der Waals surface area (Å²) in [7, 11) is 3.71. The smallest absolute Gasteiger partial charge is 0.239 e. The first-order chi connectivity index (χ1) is 6.40. The highest BCUT2D eigenvalue weighted by atomic mass is 16.2. The highest BCUT2D eigenvalue weighted by molar-refractivity contribution is 5.81. The summed E-state index contributed by atoms with van der Waals surface area (Å²) in [6.45, 7) is 8.32. The first kappa shape index (κ1) is 13.4. The van der Waals surface area contributed by atoms with Crippen LogP contribution in [0.15, 0.2) is 0 Å². The highest BCUT2D eigenvalue weighted by Gasteiger charge is 2.22. The molecule has 0 aliphatic carbocycles. The molecule has 0 aromatic heterocycles. The molecule has 0 fully saturated rings. The Morgan fingerprint density at radius 3 is 2.07 bits per heavy atom. The summed E-state index contributed by atoms with van der Waals surface area (Å²) in [6.07, 6.45) is 0.895. The van der Waals surface area contributed by atoms with Gasteiger partial charge in [-0.1, -0.05) is 13.8 Å². The molecule has 3 heteroatoms. The predicted molar refractivity (Wildman–Crippen MR) is 60.2 cm³/mol. The third-order valence-corrected chi connectivity index (χ3v) is 2.48. The van der Waals surface area contributed by atoms with Crippen LogP contribution in [0, 0.1) is 5.92 Å². The van der Waals surface area contributed by atoms with Crippen molar-refractivity contribution in [1.29, 1.82) is 0 Å². The molecular weight excluding hydrogens is 176 g/mol. The fourth-order valence-corrected chi connectivity index (χ4v) is 1.31. The van der Waals surface area contributed by atoms with Gasteiger partial charge in [0.05, 0.1) is 6.04 Å². The summed E-state index contributed by atoms with van der Waals surface area (Å²) in [4.78, 5) is 13.7. The van der Waals surface area contributed by atoms with Gasteiger partial charge in [-0.2, -0.15) is 0 Å². The fraction of sp³-hybridized carbons (Fsp3) is 0.909. The first-order valence-electron chi connectivity index (χ1n) is 5.34. The molecule has 14 heavy (non-hydrogen) atoms. The van der Waals surface area contributed by atoms with Crippen LogP contribution in [0.4, 0.5) is 0 Å². The molecule has 0 aromatic rings. The predicted octanol–water partition coefficient (Wildman–Crippen LogP) is 1.49. The maximum Gasteiger partial charge on any atom is 0.239 e. The minimum Gasteiger partial charge on any atom is -0.342 e. The fourth-order valence-electron chi connectivity index (χ4n) is 1.31. The maximum absolute atomic E-state index is 11.9. The molecule has 84 valence electrons. The van der Waals surface area contributed by atoms with E-state index in [4.69, 9.17) is 0 Å². The van der Waals surface area contributed by atoms with Crippen molar-refractivity contribution < 1.29 is 4.79 Å². The third-order valence-electron chi connectivity index (χ3n) is 2.48. The van der Waals surface area contributed by atoms with Crippen LogP contribution in [0.2, 0.25) is 0 Å². The lowest BCUT2D eigenvalue weighted by Crippen LogP contribution is -2.46. The summed E-state index contributed by atoms with van der Waals surface area (Å²) in [5.74, 6) is 0.730. The number of nitrogens with zero attached hydrogens (tertiary/aromatic N) is 1. The van der Waals surface area contributed by atoms with E-state index in [1.165, 1.54) is 0 Å². The molecule has 0 saturated heterocycles. The molecular formula is C11H24N2O. The van der Waals surface area contributed by atoms with Gasteiger partial charge in [0.2, 0.25) is 5.91 Å². The van der Waals surface area contributed by atoms with Crippen LogP contribution in [0.25, 0.3) is 0 Å². The topological polar surface area (TPSA) is 32.3 Å². The molecule has 1 amide bonds. The van der Waals surface area contributed by atoms with E-state index >= 15 is 0 Å². The van der Waals surface area contributed by atoms with Crippen molar-refractivity contribution in [2.24, 2.45) is 5.92 Å². The van der Waals surface area contributed by atoms with E-state index in [9.17, 15) is 4.79 Å².